The van der Waals surface area contributed by atoms with E-state index in [0.29, 0.717) is 12.8 Å². The van der Waals surface area contributed by atoms with Gasteiger partial charge in [-0.1, -0.05) is 342 Å². The van der Waals surface area contributed by atoms with Crippen LogP contribution in [0, 0.1) is 0 Å². The molecule has 0 rings (SSSR count). The van der Waals surface area contributed by atoms with Gasteiger partial charge in [0.1, 0.15) is 6.61 Å². The van der Waals surface area contributed by atoms with E-state index in [0.717, 1.165) is 103 Å². The van der Waals surface area contributed by atoms with Crippen molar-refractivity contribution in [1.82, 2.24) is 0 Å². The molecular weight excluding hydrogens is 1000 g/mol. The maximum atomic E-state index is 12.3. The molecule has 5 nitrogen and oxygen atoms in total. The summed E-state index contributed by atoms with van der Waals surface area (Å²) in [5.41, 5.74) is 0. The molecule has 1 unspecified atom stereocenters. The molecule has 0 saturated heterocycles. The number of allylic oxidation sites excluding steroid dienone is 18. The Balaban J connectivity index is 3.47. The lowest BCUT2D eigenvalue weighted by molar-refractivity contribution is -0.161. The van der Waals surface area contributed by atoms with Crippen molar-refractivity contribution < 1.29 is 24.2 Å². The fraction of sp³-hybridized carbons (Fsp3) is 0.740. The highest BCUT2D eigenvalue weighted by Gasteiger charge is 2.16. The molecule has 0 aromatic rings. The molecule has 0 fully saturated rings. The van der Waals surface area contributed by atoms with Crippen molar-refractivity contribution >= 4 is 11.9 Å². The summed E-state index contributed by atoms with van der Waals surface area (Å²) in [5.74, 6) is -0.613. The third-order valence-corrected chi connectivity index (χ3v) is 15.6. The first-order valence-electron chi connectivity index (χ1n) is 35.4. The van der Waals surface area contributed by atoms with Crippen molar-refractivity contribution in [1.29, 1.82) is 0 Å². The highest BCUT2D eigenvalue weighted by Crippen LogP contribution is 2.18. The molecule has 0 aromatic heterocycles. The molecule has 0 saturated carbocycles. The molecule has 1 N–H and O–H groups in total. The highest BCUT2D eigenvalue weighted by molar-refractivity contribution is 5.70. The number of aliphatic hydroxyl groups is 1. The summed E-state index contributed by atoms with van der Waals surface area (Å²) in [6.45, 7) is 4.04. The highest BCUT2D eigenvalue weighted by atomic mass is 16.6. The van der Waals surface area contributed by atoms with E-state index in [1.165, 1.54) is 218 Å². The maximum Gasteiger partial charge on any atom is 0.306 e. The zero-order valence-electron chi connectivity index (χ0n) is 54.2. The normalized spacial score (nSPS) is 12.9. The topological polar surface area (TPSA) is 72.8 Å². The monoisotopic (exact) mass is 1140 g/mol. The molecule has 0 heterocycles. The van der Waals surface area contributed by atoms with Gasteiger partial charge in [-0.2, -0.15) is 0 Å². The van der Waals surface area contributed by atoms with Crippen molar-refractivity contribution in [2.45, 2.75) is 354 Å². The Morgan fingerprint density at radius 3 is 0.805 bits per heavy atom. The van der Waals surface area contributed by atoms with Gasteiger partial charge in [-0.25, -0.2) is 0 Å². The van der Waals surface area contributed by atoms with Crippen LogP contribution in [0.15, 0.2) is 109 Å². The van der Waals surface area contributed by atoms with Gasteiger partial charge in [0.25, 0.3) is 0 Å². The van der Waals surface area contributed by atoms with Gasteiger partial charge >= 0.3 is 11.9 Å². The minimum Gasteiger partial charge on any atom is -0.462 e. The summed E-state index contributed by atoms with van der Waals surface area (Å²) in [6.07, 6.45) is 104. The van der Waals surface area contributed by atoms with Crippen molar-refractivity contribution in [3.05, 3.63) is 109 Å². The van der Waals surface area contributed by atoms with E-state index < -0.39 is 6.10 Å². The van der Waals surface area contributed by atoms with Crippen LogP contribution in [0.1, 0.15) is 348 Å². The fourth-order valence-corrected chi connectivity index (χ4v) is 10.3. The smallest absolute Gasteiger partial charge is 0.306 e. The molecule has 0 aliphatic carbocycles. The number of unbranched alkanes of at least 4 members (excludes halogenated alkanes) is 39. The Hall–Kier alpha value is -3.44. The summed E-state index contributed by atoms with van der Waals surface area (Å²) in [6, 6.07) is 0. The molecule has 0 aliphatic heterocycles. The zero-order chi connectivity index (χ0) is 59.1. The molecule has 0 bridgehead atoms. The van der Waals surface area contributed by atoms with E-state index in [1.807, 2.05) is 0 Å². The Labute approximate surface area is 510 Å². The average Bonchev–Trinajstić information content (AvgIpc) is 3.49. The molecule has 0 spiro atoms. The predicted molar refractivity (Wildman–Crippen MR) is 362 cm³/mol. The van der Waals surface area contributed by atoms with Gasteiger partial charge < -0.3 is 14.6 Å². The van der Waals surface area contributed by atoms with Gasteiger partial charge in [-0.05, 0) is 103 Å². The van der Waals surface area contributed by atoms with E-state index in [9.17, 15) is 14.7 Å². The van der Waals surface area contributed by atoms with Crippen molar-refractivity contribution in [3.8, 4) is 0 Å². The maximum absolute atomic E-state index is 12.3. The molecule has 0 aliphatic rings. The van der Waals surface area contributed by atoms with E-state index >= 15 is 0 Å². The molecule has 0 amide bonds. The summed E-state index contributed by atoms with van der Waals surface area (Å²) >= 11 is 0. The number of rotatable bonds is 65. The largest absolute Gasteiger partial charge is 0.462 e. The van der Waals surface area contributed by atoms with Crippen LogP contribution in [0.3, 0.4) is 0 Å². The average molecular weight is 1140 g/mol. The quantitative estimate of drug-likeness (QED) is 0.0373. The number of ether oxygens (including phenoxy) is 2. The number of hydrogen-bond donors (Lipinski definition) is 1. The van der Waals surface area contributed by atoms with Gasteiger partial charge in [0, 0.05) is 12.8 Å². The van der Waals surface area contributed by atoms with E-state index in [1.54, 1.807) is 0 Å². The SMILES string of the molecule is CC/C=C\C/C=C\C/C=C\C/C=C\C/C=C\C/C=C\C/C=C\C/C=C\CCCCCCC(=O)OC(CO)COC(=O)CCCCCCCCCCCCCCCCCCCCCCCCCCCCC/C=C\CCCCCCCCCC. The lowest BCUT2D eigenvalue weighted by atomic mass is 10.0. The summed E-state index contributed by atoms with van der Waals surface area (Å²) < 4.78 is 10.7. The van der Waals surface area contributed by atoms with Crippen molar-refractivity contribution in [3.63, 3.8) is 0 Å². The second-order valence-electron chi connectivity index (χ2n) is 23.6. The molecule has 0 aromatic carbocycles. The zero-order valence-corrected chi connectivity index (χ0v) is 54.2. The molecule has 0 radical (unpaired) electrons. The van der Waals surface area contributed by atoms with Gasteiger partial charge in [0.2, 0.25) is 0 Å². The lowest BCUT2D eigenvalue weighted by Gasteiger charge is -2.15. The number of carbonyl (C=O) groups excluding carboxylic acids is 2. The Morgan fingerprint density at radius 2 is 0.524 bits per heavy atom. The van der Waals surface area contributed by atoms with Crippen LogP contribution in [0.5, 0.6) is 0 Å². The van der Waals surface area contributed by atoms with Gasteiger partial charge in [-0.15, -0.1) is 0 Å². The van der Waals surface area contributed by atoms with Crippen molar-refractivity contribution in [2.24, 2.45) is 0 Å². The molecule has 472 valence electrons. The predicted octanol–water partition coefficient (Wildman–Crippen LogP) is 24.8. The minimum atomic E-state index is -0.794. The van der Waals surface area contributed by atoms with Crippen molar-refractivity contribution in [2.75, 3.05) is 13.2 Å². The Morgan fingerprint density at radius 1 is 0.293 bits per heavy atom. The van der Waals surface area contributed by atoms with Gasteiger partial charge in [0.05, 0.1) is 6.61 Å². The van der Waals surface area contributed by atoms with Crippen LogP contribution in [-0.4, -0.2) is 36.4 Å². The van der Waals surface area contributed by atoms with Crippen LogP contribution < -0.4 is 0 Å². The molecule has 82 heavy (non-hydrogen) atoms. The van der Waals surface area contributed by atoms with Crippen LogP contribution in [0.2, 0.25) is 0 Å². The Bertz CT molecular complexity index is 1570. The summed E-state index contributed by atoms with van der Waals surface area (Å²) in [5, 5.41) is 9.69. The lowest BCUT2D eigenvalue weighted by Crippen LogP contribution is -2.28. The fourth-order valence-electron chi connectivity index (χ4n) is 10.3. The number of esters is 2. The molecule has 5 heteroatoms. The van der Waals surface area contributed by atoms with E-state index in [2.05, 4.69) is 123 Å². The first-order chi connectivity index (χ1) is 40.6. The van der Waals surface area contributed by atoms with E-state index in [-0.39, 0.29) is 25.2 Å². The number of carbonyl (C=O) groups is 2. The van der Waals surface area contributed by atoms with Crippen LogP contribution in [-0.2, 0) is 19.1 Å². The second-order valence-corrected chi connectivity index (χ2v) is 23.6. The summed E-state index contributed by atoms with van der Waals surface area (Å²) in [4.78, 5) is 24.6. The summed E-state index contributed by atoms with van der Waals surface area (Å²) in [7, 11) is 0. The van der Waals surface area contributed by atoms with Gasteiger partial charge in [-0.3, -0.25) is 9.59 Å². The first-order valence-corrected chi connectivity index (χ1v) is 35.4. The number of aliphatic hydroxyl groups excluding tert-OH is 1. The van der Waals surface area contributed by atoms with Gasteiger partial charge in [0.15, 0.2) is 6.10 Å². The first kappa shape index (κ1) is 78.6. The van der Waals surface area contributed by atoms with Crippen LogP contribution >= 0.6 is 0 Å². The third-order valence-electron chi connectivity index (χ3n) is 15.6. The minimum absolute atomic E-state index is 0.0794. The Kier molecular flexibility index (Phi) is 68.8. The van der Waals surface area contributed by atoms with E-state index in [4.69, 9.17) is 9.47 Å². The second kappa shape index (κ2) is 71.8. The molecule has 1 atom stereocenters. The standard InChI is InChI=1S/C77H134O5/c1-3-5-7-9-11-13-15-17-19-21-23-25-27-29-31-33-34-35-36-37-38-39-40-41-42-44-45-47-49-51-53-55-57-59-61-63-65-67-69-71-76(79)81-74-75(73-78)82-77(80)72-70-68-66-64-62-60-58-56-54-52-50-48-46-43-32-30-28-26-24-22-20-18-16-14-12-10-8-6-4-2/h6,8,12,14,18,20-21,23-24,26,30,32,46,48,52,54,58,60,75,78H,3-5,7,9-11,13,15-17,19,22,25,27-29,31,33-45,47,49-51,53,55-57,59,61-74H2,1-2H3/b8-6-,14-12-,20-18-,23-21-,26-24-,32-30-,48-46-,54-52-,60-58-. The third kappa shape index (κ3) is 69.1. The number of hydrogen-bond acceptors (Lipinski definition) is 5. The van der Waals surface area contributed by atoms with Crippen LogP contribution in [0.4, 0.5) is 0 Å². The molecular formula is C77H134O5. The van der Waals surface area contributed by atoms with Crippen LogP contribution in [0.25, 0.3) is 0 Å².